The minimum Gasteiger partial charge on any atom is -0.452 e. The zero-order chi connectivity index (χ0) is 22.5. The van der Waals surface area contributed by atoms with Crippen molar-refractivity contribution >= 4 is 23.5 Å². The van der Waals surface area contributed by atoms with Crippen molar-refractivity contribution in [2.24, 2.45) is 0 Å². The van der Waals surface area contributed by atoms with Crippen LogP contribution in [-0.4, -0.2) is 30.9 Å². The van der Waals surface area contributed by atoms with E-state index in [1.807, 2.05) is 45.0 Å². The van der Waals surface area contributed by atoms with Crippen LogP contribution in [0.2, 0.25) is 0 Å². The van der Waals surface area contributed by atoms with Crippen molar-refractivity contribution in [2.45, 2.75) is 47.0 Å². The fourth-order valence-corrected chi connectivity index (χ4v) is 3.11. The number of benzene rings is 2. The molecule has 0 saturated carbocycles. The summed E-state index contributed by atoms with van der Waals surface area (Å²) < 4.78 is 5.03. The average Bonchev–Trinajstić information content (AvgIpc) is 2.66. The smallest absolute Gasteiger partial charge is 0.338 e. The van der Waals surface area contributed by atoms with E-state index in [1.165, 1.54) is 0 Å². The van der Waals surface area contributed by atoms with Gasteiger partial charge in [0.25, 0.3) is 5.91 Å². The Hall–Kier alpha value is -3.15. The van der Waals surface area contributed by atoms with Crippen LogP contribution in [0.5, 0.6) is 0 Å². The van der Waals surface area contributed by atoms with Crippen LogP contribution in [-0.2, 0) is 19.7 Å². The molecule has 0 aliphatic carbocycles. The largest absolute Gasteiger partial charge is 0.452 e. The molecule has 6 nitrogen and oxygen atoms in total. The molecule has 0 aliphatic rings. The molecule has 0 aliphatic heterocycles. The highest BCUT2D eigenvalue weighted by Gasteiger charge is 2.16. The SMILES string of the molecule is Cc1cc(C)c(NC(=O)CNC(=O)COC(=O)c2ccc(C(C)(C)C)cc2)c(C)c1. The number of rotatable bonds is 6. The van der Waals surface area contributed by atoms with Gasteiger partial charge in [0.2, 0.25) is 5.91 Å². The summed E-state index contributed by atoms with van der Waals surface area (Å²) in [5.41, 5.74) is 5.23. The molecule has 0 spiro atoms. The lowest BCUT2D eigenvalue weighted by Crippen LogP contribution is -2.35. The van der Waals surface area contributed by atoms with Crippen molar-refractivity contribution in [3.8, 4) is 0 Å². The minimum absolute atomic E-state index is 0.0153. The molecular formula is C24H30N2O4. The van der Waals surface area contributed by atoms with Gasteiger partial charge in [-0.05, 0) is 55.0 Å². The average molecular weight is 411 g/mol. The first-order valence-electron chi connectivity index (χ1n) is 9.89. The van der Waals surface area contributed by atoms with Crippen molar-refractivity contribution in [3.05, 3.63) is 64.2 Å². The van der Waals surface area contributed by atoms with Crippen LogP contribution in [0.1, 0.15) is 53.4 Å². The summed E-state index contributed by atoms with van der Waals surface area (Å²) in [4.78, 5) is 36.2. The third-order valence-electron chi connectivity index (χ3n) is 4.71. The Labute approximate surface area is 178 Å². The van der Waals surface area contributed by atoms with Gasteiger partial charge in [-0.2, -0.15) is 0 Å². The highest BCUT2D eigenvalue weighted by Crippen LogP contribution is 2.23. The maximum atomic E-state index is 12.1. The lowest BCUT2D eigenvalue weighted by Gasteiger charge is -2.18. The summed E-state index contributed by atoms with van der Waals surface area (Å²) in [7, 11) is 0. The number of hydrogen-bond acceptors (Lipinski definition) is 4. The fourth-order valence-electron chi connectivity index (χ4n) is 3.11. The molecule has 0 heterocycles. The molecule has 0 fully saturated rings. The van der Waals surface area contributed by atoms with Gasteiger partial charge >= 0.3 is 5.97 Å². The maximum absolute atomic E-state index is 12.1. The number of amides is 2. The molecule has 2 rings (SSSR count). The van der Waals surface area contributed by atoms with Gasteiger partial charge in [-0.3, -0.25) is 9.59 Å². The van der Waals surface area contributed by atoms with Crippen LogP contribution >= 0.6 is 0 Å². The van der Waals surface area contributed by atoms with Gasteiger partial charge in [-0.25, -0.2) is 4.79 Å². The van der Waals surface area contributed by atoms with E-state index in [-0.39, 0.29) is 17.9 Å². The molecule has 0 saturated heterocycles. The van der Waals surface area contributed by atoms with E-state index < -0.39 is 18.5 Å². The summed E-state index contributed by atoms with van der Waals surface area (Å²) >= 11 is 0. The number of carbonyl (C=O) groups is 3. The van der Waals surface area contributed by atoms with Gasteiger partial charge in [0.05, 0.1) is 12.1 Å². The third-order valence-corrected chi connectivity index (χ3v) is 4.71. The van der Waals surface area contributed by atoms with Gasteiger partial charge in [0.1, 0.15) is 0 Å². The molecule has 160 valence electrons. The zero-order valence-electron chi connectivity index (χ0n) is 18.5. The van der Waals surface area contributed by atoms with Crippen LogP contribution < -0.4 is 10.6 Å². The Morgan fingerprint density at radius 2 is 1.47 bits per heavy atom. The summed E-state index contributed by atoms with van der Waals surface area (Å²) in [6.07, 6.45) is 0. The molecule has 0 radical (unpaired) electrons. The summed E-state index contributed by atoms with van der Waals surface area (Å²) in [6, 6.07) is 11.1. The van der Waals surface area contributed by atoms with E-state index in [0.29, 0.717) is 5.56 Å². The van der Waals surface area contributed by atoms with E-state index >= 15 is 0 Å². The lowest BCUT2D eigenvalue weighted by atomic mass is 9.87. The van der Waals surface area contributed by atoms with Crippen molar-refractivity contribution < 1.29 is 19.1 Å². The summed E-state index contributed by atoms with van der Waals surface area (Å²) in [5.74, 6) is -1.47. The Morgan fingerprint density at radius 1 is 0.900 bits per heavy atom. The molecule has 6 heteroatoms. The predicted molar refractivity (Wildman–Crippen MR) is 118 cm³/mol. The maximum Gasteiger partial charge on any atom is 0.338 e. The first kappa shape index (κ1) is 23.1. The quantitative estimate of drug-likeness (QED) is 0.709. The van der Waals surface area contributed by atoms with Crippen LogP contribution in [0.4, 0.5) is 5.69 Å². The standard InChI is InChI=1S/C24H30N2O4/c1-15-11-16(2)22(17(3)12-15)26-20(27)13-25-21(28)14-30-23(29)18-7-9-19(10-8-18)24(4,5)6/h7-12H,13-14H2,1-6H3,(H,25,28)(H,26,27). The van der Waals surface area contributed by atoms with Gasteiger partial charge in [-0.15, -0.1) is 0 Å². The second-order valence-corrected chi connectivity index (χ2v) is 8.50. The van der Waals surface area contributed by atoms with Crippen molar-refractivity contribution in [2.75, 3.05) is 18.5 Å². The first-order chi connectivity index (χ1) is 14.0. The number of aryl methyl sites for hydroxylation is 3. The van der Waals surface area contributed by atoms with Crippen molar-refractivity contribution in [1.29, 1.82) is 0 Å². The molecule has 0 atom stereocenters. The minimum atomic E-state index is -0.582. The van der Waals surface area contributed by atoms with E-state index in [2.05, 4.69) is 31.4 Å². The topological polar surface area (TPSA) is 84.5 Å². The van der Waals surface area contributed by atoms with Crippen LogP contribution in [0.25, 0.3) is 0 Å². The molecule has 0 bridgehead atoms. The molecular weight excluding hydrogens is 380 g/mol. The third kappa shape index (κ3) is 6.44. The zero-order valence-corrected chi connectivity index (χ0v) is 18.5. The highest BCUT2D eigenvalue weighted by atomic mass is 16.5. The van der Waals surface area contributed by atoms with E-state index in [1.54, 1.807) is 12.1 Å². The highest BCUT2D eigenvalue weighted by molar-refractivity contribution is 5.96. The number of esters is 1. The predicted octanol–water partition coefficient (Wildman–Crippen LogP) is 3.82. The first-order valence-corrected chi connectivity index (χ1v) is 9.89. The van der Waals surface area contributed by atoms with Gasteiger partial charge < -0.3 is 15.4 Å². The molecule has 2 aromatic carbocycles. The molecule has 2 aromatic rings. The number of anilines is 1. The second-order valence-electron chi connectivity index (χ2n) is 8.50. The summed E-state index contributed by atoms with van der Waals surface area (Å²) in [5, 5.41) is 5.27. The fraction of sp³-hybridized carbons (Fsp3) is 0.375. The van der Waals surface area contributed by atoms with Crippen LogP contribution in [0, 0.1) is 20.8 Å². The van der Waals surface area contributed by atoms with Gasteiger partial charge in [0, 0.05) is 5.69 Å². The Bertz CT molecular complexity index is 918. The molecule has 2 N–H and O–H groups in total. The molecule has 0 aromatic heterocycles. The van der Waals surface area contributed by atoms with E-state index in [4.69, 9.17) is 4.74 Å². The van der Waals surface area contributed by atoms with Gasteiger partial charge in [-0.1, -0.05) is 50.6 Å². The van der Waals surface area contributed by atoms with Crippen LogP contribution in [0.3, 0.4) is 0 Å². The van der Waals surface area contributed by atoms with Gasteiger partial charge in [0.15, 0.2) is 6.61 Å². The molecule has 0 unspecified atom stereocenters. The number of hydrogen-bond donors (Lipinski definition) is 2. The van der Waals surface area contributed by atoms with Crippen molar-refractivity contribution in [3.63, 3.8) is 0 Å². The lowest BCUT2D eigenvalue weighted by molar-refractivity contribution is -0.126. The molecule has 30 heavy (non-hydrogen) atoms. The van der Waals surface area contributed by atoms with E-state index in [0.717, 1.165) is 27.9 Å². The normalized spacial score (nSPS) is 11.0. The molecule has 2 amide bonds. The Morgan fingerprint density at radius 3 is 2.00 bits per heavy atom. The van der Waals surface area contributed by atoms with Crippen molar-refractivity contribution in [1.82, 2.24) is 5.32 Å². The number of carbonyl (C=O) groups excluding carboxylic acids is 3. The van der Waals surface area contributed by atoms with Crippen LogP contribution in [0.15, 0.2) is 36.4 Å². The Kier molecular flexibility index (Phi) is 7.38. The Balaban J connectivity index is 1.81. The monoisotopic (exact) mass is 410 g/mol. The summed E-state index contributed by atoms with van der Waals surface area (Å²) in [6.45, 7) is 11.4. The number of ether oxygens (including phenoxy) is 1. The number of nitrogens with one attached hydrogen (secondary N) is 2. The van der Waals surface area contributed by atoms with E-state index in [9.17, 15) is 14.4 Å². The second kappa shape index (κ2) is 9.57.